The van der Waals surface area contributed by atoms with Crippen LogP contribution in [0.5, 0.6) is 0 Å². The van der Waals surface area contributed by atoms with Crippen molar-refractivity contribution in [2.75, 3.05) is 62.4 Å². The van der Waals surface area contributed by atoms with E-state index in [0.29, 0.717) is 56.2 Å². The Labute approximate surface area is 306 Å². The van der Waals surface area contributed by atoms with Gasteiger partial charge in [-0.25, -0.2) is 0 Å². The van der Waals surface area contributed by atoms with Crippen LogP contribution in [0.1, 0.15) is 91.4 Å². The number of rotatable bonds is 32. The van der Waals surface area contributed by atoms with E-state index >= 15 is 0 Å². The van der Waals surface area contributed by atoms with Crippen LogP contribution in [-0.2, 0) is 28.5 Å². The van der Waals surface area contributed by atoms with Gasteiger partial charge in [0.1, 0.15) is 0 Å². The number of carbonyl (C=O) groups excluding carboxylic acids is 1. The van der Waals surface area contributed by atoms with Crippen molar-refractivity contribution in [1.29, 1.82) is 0 Å². The Morgan fingerprint density at radius 3 is 1.31 bits per heavy atom. The molecule has 0 aromatic heterocycles. The first kappa shape index (κ1) is 46.4. The fourth-order valence-corrected chi connectivity index (χ4v) is 8.09. The van der Waals surface area contributed by atoms with E-state index in [9.17, 15) is 4.79 Å². The maximum Gasteiger partial charge on any atom is 0.282 e. The number of Topliss-reactive ketones (excluding diaryl/α,β-unsaturated/α-hetero) is 1. The molecule has 1 radical (unpaired) electrons. The molecule has 0 N–H and O–H groups in total. The molecule has 0 amide bonds. The van der Waals surface area contributed by atoms with Crippen molar-refractivity contribution < 1.29 is 28.5 Å². The average molecular weight is 781 g/mol. The summed E-state index contributed by atoms with van der Waals surface area (Å²) in [4.78, 5) is 14.2. The Kier molecular flexibility index (Phi) is 28.0. The molecule has 0 fully saturated rings. The summed E-state index contributed by atoms with van der Waals surface area (Å²) in [5.41, 5.74) is 0. The first-order chi connectivity index (χ1) is 21.4. The van der Waals surface area contributed by atoms with E-state index in [4.69, 9.17) is 93.3 Å². The van der Waals surface area contributed by atoms with Crippen molar-refractivity contribution in [2.45, 2.75) is 121 Å². The van der Waals surface area contributed by atoms with Gasteiger partial charge in [0.25, 0.3) is 5.97 Å². The first-order valence-corrected chi connectivity index (χ1v) is 22.0. The zero-order chi connectivity index (χ0) is 34.2. The average Bonchev–Trinajstić information content (AvgIpc) is 3.02. The fraction of sp³-hybridized carbons (Fsp3) is 0.969. The molecule has 0 aromatic carbocycles. The van der Waals surface area contributed by atoms with Crippen molar-refractivity contribution in [3.8, 4) is 0 Å². The molecule has 0 aliphatic rings. The third-order valence-electron chi connectivity index (χ3n) is 7.75. The summed E-state index contributed by atoms with van der Waals surface area (Å²) in [5, 5.41) is 0. The van der Waals surface area contributed by atoms with Crippen LogP contribution in [0.3, 0.4) is 0 Å². The van der Waals surface area contributed by atoms with Crippen LogP contribution in [-0.4, -0.2) is 93.3 Å². The lowest BCUT2D eigenvalue weighted by Crippen LogP contribution is -2.56. The predicted octanol–water partition coefficient (Wildman–Crippen LogP) is 10.0. The van der Waals surface area contributed by atoms with Crippen molar-refractivity contribution in [3.63, 3.8) is 0 Å². The van der Waals surface area contributed by atoms with Crippen LogP contribution in [0.25, 0.3) is 0 Å². The minimum atomic E-state index is -1.40. The molecule has 269 valence electrons. The Hall–Kier alpha value is 1.43. The summed E-state index contributed by atoms with van der Waals surface area (Å²) >= 11 is 36.8. The van der Waals surface area contributed by atoms with Gasteiger partial charge in [-0.1, -0.05) is 72.4 Å². The second-order valence-corrected chi connectivity index (χ2v) is 17.8. The highest BCUT2D eigenvalue weighted by atomic mass is 35.5. The molecule has 0 saturated heterocycles. The molecule has 0 heterocycles. The summed E-state index contributed by atoms with van der Waals surface area (Å²) in [6, 6.07) is 0. The first-order valence-electron chi connectivity index (χ1n) is 16.5. The Morgan fingerprint density at radius 1 is 0.600 bits per heavy atom. The molecule has 2 unspecified atom stereocenters. The Balaban J connectivity index is 5.07. The van der Waals surface area contributed by atoms with Crippen LogP contribution in [0.4, 0.5) is 0 Å². The molecule has 0 aliphatic heterocycles. The normalized spacial score (nSPS) is 14.8. The van der Waals surface area contributed by atoms with Gasteiger partial charge in [0.15, 0.2) is 5.78 Å². The molecule has 0 spiro atoms. The fourth-order valence-electron chi connectivity index (χ4n) is 5.49. The van der Waals surface area contributed by atoms with Crippen LogP contribution in [0.15, 0.2) is 0 Å². The van der Waals surface area contributed by atoms with E-state index in [1.807, 2.05) is 6.92 Å². The van der Waals surface area contributed by atoms with Gasteiger partial charge in [-0.15, -0.1) is 69.6 Å². The molecule has 0 bridgehead atoms. The second-order valence-electron chi connectivity index (χ2n) is 12.0. The SMILES string of the molecule is CC(C)CC(Cl)(C(C)C(=O)C(CCCCCCCCCCC(OCCCl)(OCCCl)OCCCl)(OCCCl)OCCCl)[Si](C)C. The standard InChI is InChI=1S/C32H59Cl6O6Si/c1-27(2)26-30(38,45(4)5)28(3)29(39)31(40-21-16-33,41-22-17-34)14-12-10-8-6-7-9-11-13-15-32(42-23-18-35,43-24-19-36)44-25-20-37/h27-28H,6-26H2,1-5H3. The Morgan fingerprint density at radius 2 is 0.956 bits per heavy atom. The van der Waals surface area contributed by atoms with Crippen molar-refractivity contribution >= 4 is 84.2 Å². The third kappa shape index (κ3) is 18.3. The zero-order valence-corrected chi connectivity index (χ0v) is 33.8. The van der Waals surface area contributed by atoms with E-state index in [0.717, 1.165) is 57.8 Å². The van der Waals surface area contributed by atoms with Gasteiger partial charge in [-0.2, -0.15) is 0 Å². The van der Waals surface area contributed by atoms with Gasteiger partial charge in [-0.05, 0) is 25.2 Å². The smallest absolute Gasteiger partial charge is 0.282 e. The molecule has 0 saturated carbocycles. The van der Waals surface area contributed by atoms with Gasteiger partial charge in [-0.3, -0.25) is 4.79 Å². The van der Waals surface area contributed by atoms with Gasteiger partial charge in [0.2, 0.25) is 5.79 Å². The van der Waals surface area contributed by atoms with Gasteiger partial charge >= 0.3 is 0 Å². The van der Waals surface area contributed by atoms with Crippen LogP contribution in [0, 0.1) is 11.8 Å². The van der Waals surface area contributed by atoms with Crippen molar-refractivity contribution in [2.24, 2.45) is 11.8 Å². The second kappa shape index (κ2) is 27.2. The highest BCUT2D eigenvalue weighted by Gasteiger charge is 2.50. The summed E-state index contributed by atoms with van der Waals surface area (Å²) in [5.74, 6) is -1.18. The third-order valence-corrected chi connectivity index (χ3v) is 12.4. The van der Waals surface area contributed by atoms with E-state index in [1.165, 1.54) is 0 Å². The summed E-state index contributed by atoms with van der Waals surface area (Å²) < 4.78 is 29.2. The molecular weight excluding hydrogens is 721 g/mol. The number of hydrogen-bond acceptors (Lipinski definition) is 6. The summed E-state index contributed by atoms with van der Waals surface area (Å²) in [7, 11) is -1.03. The quantitative estimate of drug-likeness (QED) is 0.0293. The van der Waals surface area contributed by atoms with Crippen LogP contribution in [0.2, 0.25) is 13.1 Å². The van der Waals surface area contributed by atoms with E-state index in [-0.39, 0.29) is 30.8 Å². The highest BCUT2D eigenvalue weighted by Crippen LogP contribution is 2.40. The molecule has 0 aliphatic carbocycles. The lowest BCUT2D eigenvalue weighted by atomic mass is 9.88. The monoisotopic (exact) mass is 777 g/mol. The largest absolute Gasteiger partial charge is 0.342 e. The van der Waals surface area contributed by atoms with Gasteiger partial charge in [0.05, 0.1) is 41.8 Å². The van der Waals surface area contributed by atoms with E-state index < -0.39 is 31.0 Å². The van der Waals surface area contributed by atoms with Crippen molar-refractivity contribution in [1.82, 2.24) is 0 Å². The maximum absolute atomic E-state index is 14.2. The van der Waals surface area contributed by atoms with Crippen molar-refractivity contribution in [3.05, 3.63) is 0 Å². The van der Waals surface area contributed by atoms with Crippen LogP contribution < -0.4 is 0 Å². The van der Waals surface area contributed by atoms with Gasteiger partial charge in [0, 0.05) is 52.7 Å². The number of ether oxygens (including phenoxy) is 5. The molecule has 6 nitrogen and oxygen atoms in total. The highest BCUT2D eigenvalue weighted by molar-refractivity contribution is 6.70. The number of hydrogen-bond donors (Lipinski definition) is 0. The lowest BCUT2D eigenvalue weighted by Gasteiger charge is -2.42. The topological polar surface area (TPSA) is 63.2 Å². The Bertz CT molecular complexity index is 708. The number of alkyl halides is 6. The molecule has 0 aromatic rings. The number of ketones is 1. The summed E-state index contributed by atoms with van der Waals surface area (Å²) in [6.45, 7) is 11.9. The van der Waals surface area contributed by atoms with Crippen LogP contribution >= 0.6 is 69.6 Å². The molecule has 13 heteroatoms. The maximum atomic E-state index is 14.2. The molecule has 45 heavy (non-hydrogen) atoms. The lowest BCUT2D eigenvalue weighted by molar-refractivity contribution is -0.379. The molecule has 2 atom stereocenters. The molecular formula is C32H59Cl6O6Si. The van der Waals surface area contributed by atoms with Gasteiger partial charge < -0.3 is 23.7 Å². The number of halogens is 6. The van der Waals surface area contributed by atoms with E-state index in [1.54, 1.807) is 0 Å². The zero-order valence-electron chi connectivity index (χ0n) is 28.2. The summed E-state index contributed by atoms with van der Waals surface area (Å²) in [6.07, 6.45) is 9.76. The predicted molar refractivity (Wildman–Crippen MR) is 195 cm³/mol. The number of carbonyl (C=O) groups is 1. The molecule has 0 rings (SSSR count). The van der Waals surface area contributed by atoms with E-state index in [2.05, 4.69) is 26.9 Å². The minimum Gasteiger partial charge on any atom is -0.342 e. The number of unbranched alkanes of at least 4 members (excludes halogenated alkanes) is 7. The minimum absolute atomic E-state index is 0.101.